The van der Waals surface area contributed by atoms with Crippen LogP contribution in [-0.2, 0) is 46.0 Å². The SMILES string of the molecule is CC[C@]12C=CCN3CC[C@@]4(c5cc([C@@]6(C(=O)OC)C[C@H]7CC(C(C)(F)F)CN(Cc8c6[nH]c6ccc(I)cc86)C7)c(OC)cc5N(C)[C@H]4[C@@](O)(C(=O)OC)[C@@H]1OC(C)=O)[C@@H]32. The maximum atomic E-state index is 15.4. The molecule has 3 fully saturated rings. The van der Waals surface area contributed by atoms with Gasteiger partial charge in [0.15, 0.2) is 6.10 Å². The molecule has 10 atom stereocenters. The third-order valence-corrected chi connectivity index (χ3v) is 16.0. The van der Waals surface area contributed by atoms with E-state index in [1.807, 2.05) is 55.3 Å². The van der Waals surface area contributed by atoms with E-state index < -0.39 is 63.7 Å². The minimum atomic E-state index is -2.94. The Morgan fingerprint density at radius 1 is 1.05 bits per heavy atom. The third-order valence-electron chi connectivity index (χ3n) is 15.3. The van der Waals surface area contributed by atoms with Crippen molar-refractivity contribution in [3.8, 4) is 5.75 Å². The molecule has 60 heavy (non-hydrogen) atoms. The zero-order valence-corrected chi connectivity index (χ0v) is 37.2. The average Bonchev–Trinajstić information content (AvgIpc) is 3.86. The van der Waals surface area contributed by atoms with Gasteiger partial charge in [0.1, 0.15) is 11.2 Å². The topological polar surface area (TPSA) is 134 Å². The van der Waals surface area contributed by atoms with Crippen LogP contribution < -0.4 is 9.64 Å². The molecule has 2 saturated heterocycles. The number of aliphatic hydroxyl groups is 1. The van der Waals surface area contributed by atoms with Crippen molar-refractivity contribution in [1.29, 1.82) is 0 Å². The van der Waals surface area contributed by atoms with Gasteiger partial charge in [0.25, 0.3) is 0 Å². The Kier molecular flexibility index (Phi) is 9.77. The normalized spacial score (nSPS) is 35.4. The van der Waals surface area contributed by atoms with Crippen LogP contribution in [0.1, 0.15) is 68.8 Å². The standard InChI is InChI=1S/C45H53F2IN4O8/c1-8-42-12-9-14-52-15-13-43(36(42)52)30-18-31(34(57-5)19-33(30)50(4)37(43)45(56,40(55)59-7)38(42)60-24(2)53)44(39(54)58-6)20-25-16-26(41(3,46)47)22-51(21-25)23-29-28-17-27(48)10-11-32(28)49-35(29)44/h9-12,17-19,25-26,36-38,49,56H,8,13-16,20-23H2,1-7H3/t25-,26?,36+,37-,38-,42-,43-,44+,45+/m1/s1. The van der Waals surface area contributed by atoms with Crippen molar-refractivity contribution in [3.05, 3.63) is 68.4 Å². The minimum Gasteiger partial charge on any atom is -0.496 e. The number of nitrogens with zero attached hydrogens (tertiary/aromatic N) is 3. The smallest absolute Gasteiger partial charge is 0.344 e. The third kappa shape index (κ3) is 5.42. The van der Waals surface area contributed by atoms with Crippen LogP contribution in [0.2, 0.25) is 0 Å². The summed E-state index contributed by atoms with van der Waals surface area (Å²) in [5.74, 6) is -5.94. The molecule has 6 aliphatic rings. The molecular weight excluding hydrogens is 889 g/mol. The summed E-state index contributed by atoms with van der Waals surface area (Å²) >= 11 is 2.27. The molecule has 1 aromatic heterocycles. The number of hydrogen-bond donors (Lipinski definition) is 2. The van der Waals surface area contributed by atoms with Crippen LogP contribution in [0.4, 0.5) is 14.5 Å². The first-order valence-electron chi connectivity index (χ1n) is 20.8. The largest absolute Gasteiger partial charge is 0.496 e. The van der Waals surface area contributed by atoms with Crippen molar-refractivity contribution < 1.29 is 47.2 Å². The monoisotopic (exact) mass is 942 g/mol. The number of carbonyl (C=O) groups excluding carboxylic acids is 3. The van der Waals surface area contributed by atoms with E-state index in [2.05, 4.69) is 43.4 Å². The molecule has 1 aliphatic carbocycles. The fourth-order valence-electron chi connectivity index (χ4n) is 13.3. The number of methoxy groups -OCH3 is 3. The van der Waals surface area contributed by atoms with Crippen LogP contribution in [0, 0.1) is 20.8 Å². The quantitative estimate of drug-likeness (QED) is 0.131. The van der Waals surface area contributed by atoms with E-state index >= 15 is 13.6 Å². The number of hydrogen-bond acceptors (Lipinski definition) is 11. The van der Waals surface area contributed by atoms with Gasteiger partial charge in [-0.3, -0.25) is 19.4 Å². The van der Waals surface area contributed by atoms with Crippen LogP contribution in [0.5, 0.6) is 5.75 Å². The lowest BCUT2D eigenvalue weighted by Gasteiger charge is -2.63. The van der Waals surface area contributed by atoms with Gasteiger partial charge in [-0.25, -0.2) is 13.6 Å². The highest BCUT2D eigenvalue weighted by Crippen LogP contribution is 2.68. The zero-order valence-electron chi connectivity index (χ0n) is 35.1. The second-order valence-corrected chi connectivity index (χ2v) is 19.4. The Balaban J connectivity index is 1.36. The molecule has 3 aromatic rings. The van der Waals surface area contributed by atoms with Crippen molar-refractivity contribution in [2.24, 2.45) is 17.3 Å². The molecule has 12 nitrogen and oxygen atoms in total. The predicted molar refractivity (Wildman–Crippen MR) is 227 cm³/mol. The molecule has 2 bridgehead atoms. The maximum Gasteiger partial charge on any atom is 0.344 e. The Morgan fingerprint density at radius 3 is 2.47 bits per heavy atom. The molecule has 1 saturated carbocycles. The number of benzene rings is 2. The van der Waals surface area contributed by atoms with Gasteiger partial charge >= 0.3 is 17.9 Å². The van der Waals surface area contributed by atoms with Crippen molar-refractivity contribution in [2.45, 2.75) is 93.5 Å². The Labute approximate surface area is 362 Å². The summed E-state index contributed by atoms with van der Waals surface area (Å²) in [4.78, 5) is 52.6. The van der Waals surface area contributed by atoms with Crippen molar-refractivity contribution in [1.82, 2.24) is 14.8 Å². The van der Waals surface area contributed by atoms with Gasteiger partial charge < -0.3 is 33.9 Å². The molecule has 0 radical (unpaired) electrons. The first kappa shape index (κ1) is 41.5. The Bertz CT molecular complexity index is 2330. The number of likely N-dealkylation sites (N-methyl/N-ethyl adjacent to an activating group) is 1. The number of H-pyrrole nitrogens is 1. The number of anilines is 1. The number of nitrogens with one attached hydrogen (secondary N) is 1. The van der Waals surface area contributed by atoms with E-state index in [1.54, 1.807) is 0 Å². The van der Waals surface area contributed by atoms with Crippen LogP contribution in [0.25, 0.3) is 10.9 Å². The second-order valence-electron chi connectivity index (χ2n) is 18.2. The van der Waals surface area contributed by atoms with Crippen LogP contribution >= 0.6 is 22.6 Å². The number of esters is 3. The lowest BCUT2D eigenvalue weighted by molar-refractivity contribution is -0.228. The van der Waals surface area contributed by atoms with Gasteiger partial charge in [-0.15, -0.1) is 0 Å². The van der Waals surface area contributed by atoms with Gasteiger partial charge in [0, 0.05) is 100 Å². The molecule has 15 heteroatoms. The molecule has 5 aliphatic heterocycles. The zero-order chi connectivity index (χ0) is 42.9. The second kappa shape index (κ2) is 14.1. The highest BCUT2D eigenvalue weighted by atomic mass is 127. The van der Waals surface area contributed by atoms with Gasteiger partial charge in [-0.05, 0) is 103 Å². The Morgan fingerprint density at radius 2 is 1.80 bits per heavy atom. The number of carbonyl (C=O) groups is 3. The number of halogens is 3. The van der Waals surface area contributed by atoms with Gasteiger partial charge in [0.05, 0.1) is 27.4 Å². The first-order valence-corrected chi connectivity index (χ1v) is 21.9. The average molecular weight is 943 g/mol. The molecule has 2 aromatic carbocycles. The maximum absolute atomic E-state index is 15.4. The molecule has 9 rings (SSSR count). The van der Waals surface area contributed by atoms with E-state index in [-0.39, 0.29) is 31.3 Å². The number of aromatic nitrogens is 1. The van der Waals surface area contributed by atoms with Crippen LogP contribution in [-0.4, -0.2) is 122 Å². The molecule has 6 heterocycles. The van der Waals surface area contributed by atoms with E-state index in [0.717, 1.165) is 32.5 Å². The van der Waals surface area contributed by atoms with Gasteiger partial charge in [-0.2, -0.15) is 0 Å². The number of piperidine rings is 1. The summed E-state index contributed by atoms with van der Waals surface area (Å²) in [7, 11) is 5.94. The van der Waals surface area contributed by atoms with Gasteiger partial charge in [-0.1, -0.05) is 19.1 Å². The van der Waals surface area contributed by atoms with Crippen molar-refractivity contribution in [3.63, 3.8) is 0 Å². The molecule has 1 spiro atoms. The number of rotatable bonds is 7. The molecule has 0 amide bonds. The summed E-state index contributed by atoms with van der Waals surface area (Å²) in [5, 5.41) is 14.2. The number of ether oxygens (including phenoxy) is 4. The highest BCUT2D eigenvalue weighted by molar-refractivity contribution is 14.1. The van der Waals surface area contributed by atoms with Crippen LogP contribution in [0.3, 0.4) is 0 Å². The summed E-state index contributed by atoms with van der Waals surface area (Å²) in [6.07, 6.45) is 4.03. The summed E-state index contributed by atoms with van der Waals surface area (Å²) < 4.78 is 55.5. The van der Waals surface area contributed by atoms with E-state index in [9.17, 15) is 14.7 Å². The number of alkyl halides is 2. The highest BCUT2D eigenvalue weighted by Gasteiger charge is 2.80. The summed E-state index contributed by atoms with van der Waals surface area (Å²) in [6.45, 7) is 6.54. The molecule has 2 unspecified atom stereocenters. The summed E-state index contributed by atoms with van der Waals surface area (Å²) in [5.41, 5.74) is -1.66. The van der Waals surface area contributed by atoms with Crippen LogP contribution in [0.15, 0.2) is 42.5 Å². The molecule has 2 N–H and O–H groups in total. The van der Waals surface area contributed by atoms with E-state index in [1.165, 1.54) is 28.3 Å². The van der Waals surface area contributed by atoms with Crippen molar-refractivity contribution >= 4 is 57.1 Å². The fourth-order valence-corrected chi connectivity index (χ4v) is 13.7. The lowest BCUT2D eigenvalue weighted by atomic mass is 9.47. The number of aromatic amines is 1. The fraction of sp³-hybridized carbons (Fsp3) is 0.578. The Hall–Kier alpha value is -3.80. The minimum absolute atomic E-state index is 0.152. The molecular formula is C45H53F2IN4O8. The van der Waals surface area contributed by atoms with Crippen molar-refractivity contribution in [2.75, 3.05) is 59.5 Å². The molecule has 322 valence electrons. The predicted octanol–water partition coefficient (Wildman–Crippen LogP) is 5.68. The van der Waals surface area contributed by atoms with Gasteiger partial charge in [0.2, 0.25) is 11.5 Å². The van der Waals surface area contributed by atoms with E-state index in [4.69, 9.17) is 18.9 Å². The first-order chi connectivity index (χ1) is 28.5. The van der Waals surface area contributed by atoms with E-state index in [0.29, 0.717) is 61.7 Å². The lowest BCUT2D eigenvalue weighted by Crippen LogP contribution is -2.81. The number of fused-ring (bicyclic) bond motifs is 6. The summed E-state index contributed by atoms with van der Waals surface area (Å²) in [6, 6.07) is 8.58.